The number of carbonyl (C=O) groups is 2. The number of amides is 1. The number of methoxy groups -OCH3 is 1. The van der Waals surface area contributed by atoms with Crippen LogP contribution in [0.25, 0.3) is 0 Å². The Kier molecular flexibility index (Phi) is 4.23. The zero-order chi connectivity index (χ0) is 15.9. The Hall–Kier alpha value is -1.40. The van der Waals surface area contributed by atoms with Gasteiger partial charge in [-0.2, -0.15) is 0 Å². The summed E-state index contributed by atoms with van der Waals surface area (Å²) >= 11 is 1.63. The number of rotatable bonds is 3. The van der Waals surface area contributed by atoms with Crippen molar-refractivity contribution in [3.63, 3.8) is 0 Å². The van der Waals surface area contributed by atoms with E-state index in [0.717, 1.165) is 24.8 Å². The van der Waals surface area contributed by atoms with E-state index in [-0.39, 0.29) is 12.0 Å². The van der Waals surface area contributed by atoms with Gasteiger partial charge in [0.15, 0.2) is 0 Å². The molecule has 1 N–H and O–H groups in total. The van der Waals surface area contributed by atoms with Gasteiger partial charge in [0.1, 0.15) is 6.04 Å². The summed E-state index contributed by atoms with van der Waals surface area (Å²) in [5.41, 5.74) is 1.84. The lowest BCUT2D eigenvalue weighted by Crippen LogP contribution is -2.40. The Morgan fingerprint density at radius 1 is 1.45 bits per heavy atom. The monoisotopic (exact) mass is 323 g/mol. The first-order chi connectivity index (χ1) is 10.5. The third-order valence-electron chi connectivity index (χ3n) is 4.77. The van der Waals surface area contributed by atoms with Gasteiger partial charge in [0.05, 0.1) is 11.7 Å². The average Bonchev–Trinajstić information content (AvgIpc) is 3.10. The summed E-state index contributed by atoms with van der Waals surface area (Å²) in [4.78, 5) is 27.0. The van der Waals surface area contributed by atoms with Crippen molar-refractivity contribution in [3.05, 3.63) is 21.4 Å². The Morgan fingerprint density at radius 3 is 2.91 bits per heavy atom. The van der Waals surface area contributed by atoms with Crippen molar-refractivity contribution in [2.75, 3.05) is 13.7 Å². The summed E-state index contributed by atoms with van der Waals surface area (Å²) in [6, 6.07) is -0.782. The van der Waals surface area contributed by atoms with E-state index in [9.17, 15) is 14.7 Å². The van der Waals surface area contributed by atoms with Crippen LogP contribution < -0.4 is 0 Å². The maximum absolute atomic E-state index is 12.9. The number of likely N-dealkylation sites (tertiary alicyclic amines) is 1. The molecule has 1 aliphatic heterocycles. The molecule has 6 heteroatoms. The van der Waals surface area contributed by atoms with Gasteiger partial charge in [0.25, 0.3) is 5.91 Å². The lowest BCUT2D eigenvalue weighted by Gasteiger charge is -2.23. The average molecular weight is 323 g/mol. The summed E-state index contributed by atoms with van der Waals surface area (Å²) in [6.45, 7) is 2.58. The molecule has 22 heavy (non-hydrogen) atoms. The molecular weight excluding hydrogens is 302 g/mol. The van der Waals surface area contributed by atoms with Gasteiger partial charge in [-0.05, 0) is 30.7 Å². The van der Waals surface area contributed by atoms with Crippen molar-refractivity contribution >= 4 is 23.2 Å². The number of nitrogens with zero attached hydrogens (tertiary/aromatic N) is 1. The number of fused-ring (bicyclic) bond motifs is 1. The molecule has 1 amide bonds. The highest BCUT2D eigenvalue weighted by atomic mass is 32.1. The summed E-state index contributed by atoms with van der Waals surface area (Å²) in [7, 11) is 1.56. The molecule has 1 fully saturated rings. The second-order valence-corrected chi connectivity index (χ2v) is 7.27. The van der Waals surface area contributed by atoms with Crippen molar-refractivity contribution in [2.24, 2.45) is 5.92 Å². The fourth-order valence-electron chi connectivity index (χ4n) is 3.44. The van der Waals surface area contributed by atoms with Crippen molar-refractivity contribution < 1.29 is 19.4 Å². The lowest BCUT2D eigenvalue weighted by molar-refractivity contribution is -0.141. The molecule has 3 unspecified atom stereocenters. The highest BCUT2D eigenvalue weighted by Crippen LogP contribution is 2.34. The van der Waals surface area contributed by atoms with Gasteiger partial charge in [-0.25, -0.2) is 4.79 Å². The smallest absolute Gasteiger partial charge is 0.326 e. The number of aliphatic carboxylic acids is 1. The minimum absolute atomic E-state index is 0.154. The van der Waals surface area contributed by atoms with Crippen LogP contribution in [-0.2, 0) is 22.4 Å². The van der Waals surface area contributed by atoms with Gasteiger partial charge in [-0.15, -0.1) is 11.3 Å². The quantitative estimate of drug-likeness (QED) is 0.926. The molecule has 3 rings (SSSR count). The molecule has 0 bridgehead atoms. The van der Waals surface area contributed by atoms with Gasteiger partial charge in [0, 0.05) is 30.3 Å². The Labute approximate surface area is 133 Å². The van der Waals surface area contributed by atoms with Crippen molar-refractivity contribution in [3.8, 4) is 0 Å². The van der Waals surface area contributed by atoms with E-state index in [2.05, 4.69) is 6.92 Å². The van der Waals surface area contributed by atoms with E-state index in [1.807, 2.05) is 5.38 Å². The van der Waals surface area contributed by atoms with E-state index in [0.29, 0.717) is 24.4 Å². The van der Waals surface area contributed by atoms with E-state index < -0.39 is 12.0 Å². The van der Waals surface area contributed by atoms with Crippen LogP contribution in [0.2, 0.25) is 0 Å². The second-order valence-electron chi connectivity index (χ2n) is 6.30. The molecule has 120 valence electrons. The maximum Gasteiger partial charge on any atom is 0.326 e. The number of carboxylic acids is 1. The zero-order valence-corrected chi connectivity index (χ0v) is 13.7. The van der Waals surface area contributed by atoms with Crippen LogP contribution in [0.15, 0.2) is 5.38 Å². The normalized spacial score (nSPS) is 27.7. The molecule has 1 aromatic rings. The van der Waals surface area contributed by atoms with Crippen LogP contribution in [0.4, 0.5) is 0 Å². The first-order valence-electron chi connectivity index (χ1n) is 7.67. The first kappa shape index (κ1) is 15.5. The van der Waals surface area contributed by atoms with Gasteiger partial charge in [-0.3, -0.25) is 4.79 Å². The molecule has 5 nitrogen and oxygen atoms in total. The molecule has 0 aromatic carbocycles. The molecule has 0 saturated carbocycles. The Bertz CT molecular complexity index is 597. The van der Waals surface area contributed by atoms with Crippen LogP contribution in [0.1, 0.15) is 40.6 Å². The first-order valence-corrected chi connectivity index (χ1v) is 8.55. The SMILES string of the molecule is COC1CC(C(=O)O)N(C(=O)c2csc3c2CCC(C)C3)C1. The molecular formula is C16H21NO4S. The fourth-order valence-corrected chi connectivity index (χ4v) is 4.68. The zero-order valence-electron chi connectivity index (χ0n) is 12.9. The summed E-state index contributed by atoms with van der Waals surface area (Å²) in [6.07, 6.45) is 3.20. The third kappa shape index (κ3) is 2.65. The molecule has 0 spiro atoms. The Balaban J connectivity index is 1.86. The van der Waals surface area contributed by atoms with Crippen molar-refractivity contribution in [1.82, 2.24) is 4.90 Å². The molecule has 0 radical (unpaired) electrons. The minimum atomic E-state index is -0.953. The minimum Gasteiger partial charge on any atom is -0.480 e. The highest BCUT2D eigenvalue weighted by Gasteiger charge is 2.41. The van der Waals surface area contributed by atoms with E-state index in [4.69, 9.17) is 4.74 Å². The largest absolute Gasteiger partial charge is 0.480 e. The summed E-state index contributed by atoms with van der Waals surface area (Å²) in [5.74, 6) is -0.449. The molecule has 1 aromatic heterocycles. The second kappa shape index (κ2) is 6.01. The van der Waals surface area contributed by atoms with E-state index in [1.165, 1.54) is 9.78 Å². The fraction of sp³-hybridized carbons (Fsp3) is 0.625. The standard InChI is InChI=1S/C16H21NO4S/c1-9-3-4-11-12(8-22-14(11)5-9)15(18)17-7-10(21-2)6-13(17)16(19)20/h8-10,13H,3-7H2,1-2H3,(H,19,20). The van der Waals surface area contributed by atoms with Crippen LogP contribution in [0.5, 0.6) is 0 Å². The van der Waals surface area contributed by atoms with Crippen molar-refractivity contribution in [1.29, 1.82) is 0 Å². The molecule has 2 heterocycles. The number of thiophene rings is 1. The van der Waals surface area contributed by atoms with Gasteiger partial charge in [-0.1, -0.05) is 6.92 Å². The molecule has 2 aliphatic rings. The van der Waals surface area contributed by atoms with Gasteiger partial charge >= 0.3 is 5.97 Å². The summed E-state index contributed by atoms with van der Waals surface area (Å²) in [5, 5.41) is 11.3. The molecule has 3 atom stereocenters. The molecule has 1 saturated heterocycles. The number of carbonyl (C=O) groups excluding carboxylic acids is 1. The third-order valence-corrected chi connectivity index (χ3v) is 5.83. The summed E-state index contributed by atoms with van der Waals surface area (Å²) < 4.78 is 5.26. The van der Waals surface area contributed by atoms with E-state index >= 15 is 0 Å². The maximum atomic E-state index is 12.9. The number of hydrogen-bond acceptors (Lipinski definition) is 4. The van der Waals surface area contributed by atoms with Crippen molar-refractivity contribution in [2.45, 2.75) is 44.8 Å². The van der Waals surface area contributed by atoms with Crippen LogP contribution in [0, 0.1) is 5.92 Å². The topological polar surface area (TPSA) is 66.8 Å². The predicted molar refractivity (Wildman–Crippen MR) is 83.4 cm³/mol. The predicted octanol–water partition coefficient (Wildman–Crippen LogP) is 2.19. The Morgan fingerprint density at radius 2 is 2.23 bits per heavy atom. The lowest BCUT2D eigenvalue weighted by atomic mass is 9.88. The van der Waals surface area contributed by atoms with Crippen LogP contribution >= 0.6 is 11.3 Å². The van der Waals surface area contributed by atoms with Gasteiger partial charge in [0.2, 0.25) is 0 Å². The van der Waals surface area contributed by atoms with Crippen LogP contribution in [0.3, 0.4) is 0 Å². The van der Waals surface area contributed by atoms with Crippen LogP contribution in [-0.4, -0.2) is 47.7 Å². The van der Waals surface area contributed by atoms with E-state index in [1.54, 1.807) is 18.4 Å². The number of carboxylic acid groups (broad SMARTS) is 1. The number of hydrogen-bond donors (Lipinski definition) is 1. The van der Waals surface area contributed by atoms with Gasteiger partial charge < -0.3 is 14.7 Å². The number of ether oxygens (including phenoxy) is 1. The molecule has 1 aliphatic carbocycles. The highest BCUT2D eigenvalue weighted by molar-refractivity contribution is 7.10.